The van der Waals surface area contributed by atoms with Gasteiger partial charge in [-0.25, -0.2) is 18.9 Å². The molecule has 0 radical (unpaired) electrons. The summed E-state index contributed by atoms with van der Waals surface area (Å²) in [6.45, 7) is 2.25. The number of ether oxygens (including phenoxy) is 1. The zero-order chi connectivity index (χ0) is 16.8. The molecule has 2 aliphatic rings. The summed E-state index contributed by atoms with van der Waals surface area (Å²) in [7, 11) is 0. The number of nitrogens with one attached hydrogen (secondary N) is 1. The van der Waals surface area contributed by atoms with Crippen molar-refractivity contribution in [2.75, 3.05) is 30.1 Å². The average Bonchev–Trinajstić information content (AvgIpc) is 3.27. The summed E-state index contributed by atoms with van der Waals surface area (Å²) in [5.74, 6) is 1.02. The first-order chi connectivity index (χ1) is 12.3. The second-order valence-corrected chi connectivity index (χ2v) is 6.29. The summed E-state index contributed by atoms with van der Waals surface area (Å²) in [4.78, 5) is 11.4. The van der Waals surface area contributed by atoms with Gasteiger partial charge in [0.15, 0.2) is 11.6 Å². The van der Waals surface area contributed by atoms with Crippen molar-refractivity contribution in [2.45, 2.75) is 18.9 Å². The summed E-state index contributed by atoms with van der Waals surface area (Å²) in [5, 5.41) is 7.54. The molecular weight excluding hydrogens is 323 g/mol. The fourth-order valence-corrected chi connectivity index (χ4v) is 3.56. The summed E-state index contributed by atoms with van der Waals surface area (Å²) in [5.41, 5.74) is 1.90. The van der Waals surface area contributed by atoms with Gasteiger partial charge in [-0.3, -0.25) is 0 Å². The number of rotatable bonds is 2. The van der Waals surface area contributed by atoms with Crippen LogP contribution < -0.4 is 10.2 Å². The maximum atomic E-state index is 14.3. The number of hydrogen-bond donors (Lipinski definition) is 1. The van der Waals surface area contributed by atoms with Gasteiger partial charge in [-0.05, 0) is 25.0 Å². The Kier molecular flexibility index (Phi) is 3.30. The molecule has 0 amide bonds. The van der Waals surface area contributed by atoms with Crippen molar-refractivity contribution in [3.63, 3.8) is 0 Å². The van der Waals surface area contributed by atoms with E-state index in [1.807, 2.05) is 0 Å². The molecule has 2 aliphatic heterocycles. The highest BCUT2D eigenvalue weighted by Crippen LogP contribution is 2.34. The molecule has 0 saturated carbocycles. The molecule has 0 aromatic carbocycles. The van der Waals surface area contributed by atoms with Crippen LogP contribution in [0.5, 0.6) is 0 Å². The SMILES string of the molecule is Fc1cccn2ncc(-c3ncc4c(n3)N(C3CCOCC3)CN4)c12. The molecule has 1 N–H and O–H groups in total. The van der Waals surface area contributed by atoms with Crippen LogP contribution in [-0.2, 0) is 4.74 Å². The third kappa shape index (κ3) is 2.32. The Morgan fingerprint density at radius 1 is 1.24 bits per heavy atom. The zero-order valence-corrected chi connectivity index (χ0v) is 13.5. The van der Waals surface area contributed by atoms with Crippen LogP contribution in [0.4, 0.5) is 15.9 Å². The van der Waals surface area contributed by atoms with Crippen LogP contribution in [-0.4, -0.2) is 45.5 Å². The number of hydrogen-bond acceptors (Lipinski definition) is 6. The van der Waals surface area contributed by atoms with Crippen LogP contribution in [0.1, 0.15) is 12.8 Å². The molecule has 3 aromatic rings. The Morgan fingerprint density at radius 3 is 3.00 bits per heavy atom. The average molecular weight is 340 g/mol. The van der Waals surface area contributed by atoms with Crippen LogP contribution in [0, 0.1) is 5.82 Å². The minimum Gasteiger partial charge on any atom is -0.381 e. The van der Waals surface area contributed by atoms with E-state index in [9.17, 15) is 4.39 Å². The van der Waals surface area contributed by atoms with Gasteiger partial charge in [0, 0.05) is 25.5 Å². The topological polar surface area (TPSA) is 67.6 Å². The van der Waals surface area contributed by atoms with Gasteiger partial charge in [-0.15, -0.1) is 0 Å². The van der Waals surface area contributed by atoms with Gasteiger partial charge in [0.25, 0.3) is 0 Å². The number of pyridine rings is 1. The standard InChI is InChI=1S/C17H17FN6O/c18-13-2-1-5-24-15(13)12(8-21-24)16-19-9-14-17(22-16)23(10-20-14)11-3-6-25-7-4-11/h1-2,5,8-9,11,20H,3-4,6-7,10H2. The summed E-state index contributed by atoms with van der Waals surface area (Å²) in [6.07, 6.45) is 7.05. The van der Waals surface area contributed by atoms with Crippen molar-refractivity contribution in [3.8, 4) is 11.4 Å². The molecule has 5 heterocycles. The van der Waals surface area contributed by atoms with Crippen molar-refractivity contribution in [1.82, 2.24) is 19.6 Å². The second kappa shape index (κ2) is 5.66. The molecule has 5 rings (SSSR count). The third-order valence-electron chi connectivity index (χ3n) is 4.84. The van der Waals surface area contributed by atoms with E-state index < -0.39 is 0 Å². The van der Waals surface area contributed by atoms with Gasteiger partial charge in [0.2, 0.25) is 0 Å². The van der Waals surface area contributed by atoms with E-state index in [-0.39, 0.29) is 5.82 Å². The summed E-state index contributed by atoms with van der Waals surface area (Å²) < 4.78 is 21.2. The van der Waals surface area contributed by atoms with Crippen LogP contribution in [0.3, 0.4) is 0 Å². The van der Waals surface area contributed by atoms with Crippen LogP contribution in [0.2, 0.25) is 0 Å². The fourth-order valence-electron chi connectivity index (χ4n) is 3.56. The summed E-state index contributed by atoms with van der Waals surface area (Å²) >= 11 is 0. The van der Waals surface area contributed by atoms with E-state index in [1.54, 1.807) is 24.7 Å². The molecule has 0 unspecified atom stereocenters. The largest absolute Gasteiger partial charge is 0.381 e. The third-order valence-corrected chi connectivity index (χ3v) is 4.84. The smallest absolute Gasteiger partial charge is 0.165 e. The first-order valence-electron chi connectivity index (χ1n) is 8.39. The molecule has 128 valence electrons. The number of halogens is 1. The minimum absolute atomic E-state index is 0.335. The van der Waals surface area contributed by atoms with Gasteiger partial charge in [0.1, 0.15) is 11.3 Å². The number of nitrogens with zero attached hydrogens (tertiary/aromatic N) is 5. The second-order valence-electron chi connectivity index (χ2n) is 6.29. The molecule has 8 heteroatoms. The predicted molar refractivity (Wildman–Crippen MR) is 91.0 cm³/mol. The van der Waals surface area contributed by atoms with Gasteiger partial charge >= 0.3 is 0 Å². The maximum absolute atomic E-state index is 14.3. The molecular formula is C17H17FN6O. The van der Waals surface area contributed by atoms with E-state index in [2.05, 4.69) is 20.3 Å². The molecule has 0 bridgehead atoms. The minimum atomic E-state index is -0.335. The Labute approximate surface area is 143 Å². The lowest BCUT2D eigenvalue weighted by Gasteiger charge is -2.31. The normalized spacial score (nSPS) is 17.7. The lowest BCUT2D eigenvalue weighted by Crippen LogP contribution is -2.39. The Balaban J connectivity index is 1.58. The van der Waals surface area contributed by atoms with E-state index in [0.29, 0.717) is 29.6 Å². The monoisotopic (exact) mass is 340 g/mol. The highest BCUT2D eigenvalue weighted by molar-refractivity contribution is 5.79. The predicted octanol–water partition coefficient (Wildman–Crippen LogP) is 2.30. The number of aromatic nitrogens is 4. The zero-order valence-electron chi connectivity index (χ0n) is 13.5. The quantitative estimate of drug-likeness (QED) is 0.772. The Bertz CT molecular complexity index is 936. The van der Waals surface area contributed by atoms with Crippen molar-refractivity contribution in [1.29, 1.82) is 0 Å². The maximum Gasteiger partial charge on any atom is 0.165 e. The van der Waals surface area contributed by atoms with Crippen LogP contribution in [0.25, 0.3) is 16.9 Å². The molecule has 1 fully saturated rings. The Morgan fingerprint density at radius 2 is 2.12 bits per heavy atom. The number of fused-ring (bicyclic) bond motifs is 2. The van der Waals surface area contributed by atoms with Crippen molar-refractivity contribution in [2.24, 2.45) is 0 Å². The van der Waals surface area contributed by atoms with Crippen molar-refractivity contribution in [3.05, 3.63) is 36.5 Å². The van der Waals surface area contributed by atoms with E-state index in [0.717, 1.165) is 37.6 Å². The molecule has 0 aliphatic carbocycles. The molecule has 3 aromatic heterocycles. The lowest BCUT2D eigenvalue weighted by atomic mass is 10.1. The van der Waals surface area contributed by atoms with E-state index >= 15 is 0 Å². The highest BCUT2D eigenvalue weighted by Gasteiger charge is 2.29. The molecule has 25 heavy (non-hydrogen) atoms. The van der Waals surface area contributed by atoms with E-state index in [4.69, 9.17) is 9.72 Å². The molecule has 1 saturated heterocycles. The van der Waals surface area contributed by atoms with E-state index in [1.165, 1.54) is 10.6 Å². The van der Waals surface area contributed by atoms with Crippen LogP contribution in [0.15, 0.2) is 30.7 Å². The van der Waals surface area contributed by atoms with Crippen molar-refractivity contribution >= 4 is 17.0 Å². The van der Waals surface area contributed by atoms with Gasteiger partial charge in [0.05, 0.1) is 30.3 Å². The van der Waals surface area contributed by atoms with Gasteiger partial charge in [-0.1, -0.05) is 0 Å². The van der Waals surface area contributed by atoms with Crippen molar-refractivity contribution < 1.29 is 9.13 Å². The molecule has 0 atom stereocenters. The highest BCUT2D eigenvalue weighted by atomic mass is 19.1. The summed E-state index contributed by atoms with van der Waals surface area (Å²) in [6, 6.07) is 3.44. The number of anilines is 2. The molecule has 7 nitrogen and oxygen atoms in total. The Hall–Kier alpha value is -2.74. The lowest BCUT2D eigenvalue weighted by molar-refractivity contribution is 0.0849. The van der Waals surface area contributed by atoms with Crippen LogP contribution >= 0.6 is 0 Å². The first-order valence-corrected chi connectivity index (χ1v) is 8.39. The fraction of sp³-hybridized carbons (Fsp3) is 0.353. The molecule has 0 spiro atoms. The van der Waals surface area contributed by atoms with Gasteiger partial charge in [-0.2, -0.15) is 5.10 Å². The van der Waals surface area contributed by atoms with Gasteiger partial charge < -0.3 is 15.0 Å². The first kappa shape index (κ1) is 14.6.